The second-order valence-electron chi connectivity index (χ2n) is 3.51. The van der Waals surface area contributed by atoms with Crippen molar-refractivity contribution in [2.75, 3.05) is 0 Å². The van der Waals surface area contributed by atoms with Gasteiger partial charge in [0.1, 0.15) is 0 Å². The second-order valence-corrected chi connectivity index (χ2v) is 3.51. The highest BCUT2D eigenvalue weighted by atomic mass is 19.1. The lowest BCUT2D eigenvalue weighted by molar-refractivity contribution is -0.146. The summed E-state index contributed by atoms with van der Waals surface area (Å²) in [5.41, 5.74) is 5.56. The monoisotopic (exact) mass is 236 g/mol. The first kappa shape index (κ1) is 11.1. The van der Waals surface area contributed by atoms with Gasteiger partial charge >= 0.3 is 5.97 Å². The third kappa shape index (κ3) is 1.73. The summed E-state index contributed by atoms with van der Waals surface area (Å²) in [5.74, 6) is -2.35. The molecule has 2 rings (SSSR count). The van der Waals surface area contributed by atoms with Gasteiger partial charge in [-0.3, -0.25) is 4.79 Å². The number of hydrogen-bond acceptors (Lipinski definition) is 2. The van der Waals surface area contributed by atoms with Crippen LogP contribution < -0.4 is 5.73 Å². The van der Waals surface area contributed by atoms with E-state index in [1.54, 1.807) is 18.2 Å². The SMILES string of the molecule is NC(=O)c1cn(C(F)C(=O)O)c2ccccc12. The summed E-state index contributed by atoms with van der Waals surface area (Å²) in [5, 5.41) is 9.06. The van der Waals surface area contributed by atoms with E-state index < -0.39 is 18.2 Å². The lowest BCUT2D eigenvalue weighted by Crippen LogP contribution is -2.14. The molecule has 1 unspecified atom stereocenters. The van der Waals surface area contributed by atoms with Crippen LogP contribution >= 0.6 is 0 Å². The number of carboxylic acid groups (broad SMARTS) is 1. The minimum absolute atomic E-state index is 0.101. The van der Waals surface area contributed by atoms with Crippen molar-refractivity contribution in [1.29, 1.82) is 0 Å². The normalized spacial score (nSPS) is 12.5. The molecule has 3 N–H and O–H groups in total. The summed E-state index contributed by atoms with van der Waals surface area (Å²) in [6.07, 6.45) is -1.13. The molecule has 0 saturated carbocycles. The number of carboxylic acids is 1. The highest BCUT2D eigenvalue weighted by Crippen LogP contribution is 2.25. The molecular weight excluding hydrogens is 227 g/mol. The molecule has 0 radical (unpaired) electrons. The molecule has 1 heterocycles. The van der Waals surface area contributed by atoms with E-state index in [0.717, 1.165) is 10.8 Å². The van der Waals surface area contributed by atoms with Gasteiger partial charge in [-0.1, -0.05) is 18.2 Å². The van der Waals surface area contributed by atoms with Gasteiger partial charge in [0.05, 0.1) is 11.1 Å². The highest BCUT2D eigenvalue weighted by molar-refractivity contribution is 6.06. The highest BCUT2D eigenvalue weighted by Gasteiger charge is 2.22. The number of alkyl halides is 1. The number of aliphatic carboxylic acids is 1. The third-order valence-corrected chi connectivity index (χ3v) is 2.45. The number of halogens is 1. The topological polar surface area (TPSA) is 85.3 Å². The van der Waals surface area contributed by atoms with Gasteiger partial charge in [0, 0.05) is 11.6 Å². The summed E-state index contributed by atoms with van der Waals surface area (Å²) in [7, 11) is 0. The van der Waals surface area contributed by atoms with Crippen molar-refractivity contribution in [3.05, 3.63) is 36.0 Å². The largest absolute Gasteiger partial charge is 0.478 e. The van der Waals surface area contributed by atoms with E-state index >= 15 is 0 Å². The van der Waals surface area contributed by atoms with Crippen LogP contribution in [0, 0.1) is 0 Å². The summed E-state index contributed by atoms with van der Waals surface area (Å²) >= 11 is 0. The molecule has 17 heavy (non-hydrogen) atoms. The third-order valence-electron chi connectivity index (χ3n) is 2.45. The average molecular weight is 236 g/mol. The van der Waals surface area contributed by atoms with Crippen molar-refractivity contribution in [1.82, 2.24) is 4.57 Å². The fraction of sp³-hybridized carbons (Fsp3) is 0.0909. The van der Waals surface area contributed by atoms with Crippen LogP contribution in [0.15, 0.2) is 30.5 Å². The van der Waals surface area contributed by atoms with Crippen molar-refractivity contribution in [2.24, 2.45) is 5.73 Å². The van der Waals surface area contributed by atoms with Crippen LogP contribution in [0.4, 0.5) is 4.39 Å². The van der Waals surface area contributed by atoms with Gasteiger partial charge in [-0.15, -0.1) is 0 Å². The molecule has 0 bridgehead atoms. The Labute approximate surface area is 95.2 Å². The fourth-order valence-corrected chi connectivity index (χ4v) is 1.71. The zero-order valence-corrected chi connectivity index (χ0v) is 8.63. The molecule has 0 spiro atoms. The molecule has 1 aromatic carbocycles. The van der Waals surface area contributed by atoms with Gasteiger partial charge in [0.2, 0.25) is 0 Å². The van der Waals surface area contributed by atoms with E-state index in [2.05, 4.69) is 0 Å². The van der Waals surface area contributed by atoms with E-state index in [1.165, 1.54) is 6.07 Å². The second kappa shape index (κ2) is 3.89. The first-order chi connectivity index (χ1) is 8.02. The maximum Gasteiger partial charge on any atom is 0.359 e. The molecule has 88 valence electrons. The summed E-state index contributed by atoms with van der Waals surface area (Å²) in [6.45, 7) is 0. The number of nitrogens with zero attached hydrogens (tertiary/aromatic N) is 1. The van der Waals surface area contributed by atoms with Crippen molar-refractivity contribution in [3.8, 4) is 0 Å². The Kier molecular flexibility index (Phi) is 2.55. The summed E-state index contributed by atoms with van der Waals surface area (Å²) in [6, 6.07) is 6.39. The van der Waals surface area contributed by atoms with Crippen LogP contribution in [-0.2, 0) is 4.79 Å². The van der Waals surface area contributed by atoms with Crippen LogP contribution in [0.3, 0.4) is 0 Å². The minimum atomic E-state index is -2.24. The van der Waals surface area contributed by atoms with Crippen molar-refractivity contribution in [2.45, 2.75) is 6.30 Å². The lowest BCUT2D eigenvalue weighted by Gasteiger charge is -2.06. The molecule has 1 amide bonds. The Morgan fingerprint density at radius 2 is 2.00 bits per heavy atom. The van der Waals surface area contributed by atoms with Crippen LogP contribution in [0.25, 0.3) is 10.9 Å². The van der Waals surface area contributed by atoms with Gasteiger partial charge in [-0.05, 0) is 6.07 Å². The molecule has 6 heteroatoms. The number of amides is 1. The number of carbonyl (C=O) groups excluding carboxylic acids is 1. The predicted octanol–water partition coefficient (Wildman–Crippen LogP) is 1.29. The quantitative estimate of drug-likeness (QED) is 0.842. The number of carbonyl (C=O) groups is 2. The Morgan fingerprint density at radius 1 is 1.35 bits per heavy atom. The Bertz CT molecular complexity index is 606. The molecule has 1 aromatic heterocycles. The van der Waals surface area contributed by atoms with Crippen molar-refractivity contribution >= 4 is 22.8 Å². The molecule has 0 aliphatic heterocycles. The molecule has 1 atom stereocenters. The Morgan fingerprint density at radius 3 is 2.59 bits per heavy atom. The molecular formula is C11H9FN2O3. The zero-order chi connectivity index (χ0) is 12.6. The van der Waals surface area contributed by atoms with E-state index in [4.69, 9.17) is 10.8 Å². The van der Waals surface area contributed by atoms with Crippen molar-refractivity contribution < 1.29 is 19.1 Å². The number of aromatic nitrogens is 1. The van der Waals surface area contributed by atoms with Crippen molar-refractivity contribution in [3.63, 3.8) is 0 Å². The first-order valence-corrected chi connectivity index (χ1v) is 4.78. The van der Waals surface area contributed by atoms with Crippen LogP contribution in [0.5, 0.6) is 0 Å². The van der Waals surface area contributed by atoms with E-state index in [9.17, 15) is 14.0 Å². The van der Waals surface area contributed by atoms with Gasteiger partial charge in [0.15, 0.2) is 0 Å². The number of nitrogens with two attached hydrogens (primary N) is 1. The van der Waals surface area contributed by atoms with Crippen LogP contribution in [0.1, 0.15) is 16.7 Å². The minimum Gasteiger partial charge on any atom is -0.478 e. The number of primary amides is 1. The summed E-state index contributed by atoms with van der Waals surface area (Å²) in [4.78, 5) is 21.8. The van der Waals surface area contributed by atoms with E-state index in [0.29, 0.717) is 10.9 Å². The molecule has 2 aromatic rings. The fourth-order valence-electron chi connectivity index (χ4n) is 1.71. The number of para-hydroxylation sites is 1. The number of hydrogen-bond donors (Lipinski definition) is 2. The molecule has 0 aliphatic carbocycles. The molecule has 0 fully saturated rings. The van der Waals surface area contributed by atoms with Gasteiger partial charge in [-0.2, -0.15) is 0 Å². The van der Waals surface area contributed by atoms with Gasteiger partial charge in [-0.25, -0.2) is 9.18 Å². The average Bonchev–Trinajstić information content (AvgIpc) is 2.67. The maximum atomic E-state index is 13.5. The van der Waals surface area contributed by atoms with Crippen LogP contribution in [0.2, 0.25) is 0 Å². The number of fused-ring (bicyclic) bond motifs is 1. The standard InChI is InChI=1S/C11H9FN2O3/c12-9(11(16)17)14-5-7(10(13)15)6-3-1-2-4-8(6)14/h1-5,9H,(H2,13,15)(H,16,17). The lowest BCUT2D eigenvalue weighted by atomic mass is 10.2. The maximum absolute atomic E-state index is 13.5. The smallest absolute Gasteiger partial charge is 0.359 e. The molecule has 5 nitrogen and oxygen atoms in total. The number of rotatable bonds is 3. The zero-order valence-electron chi connectivity index (χ0n) is 8.63. The predicted molar refractivity (Wildman–Crippen MR) is 58.2 cm³/mol. The van der Waals surface area contributed by atoms with E-state index in [-0.39, 0.29) is 5.56 Å². The van der Waals surface area contributed by atoms with E-state index in [1.807, 2.05) is 0 Å². The van der Waals surface area contributed by atoms with Gasteiger partial charge in [0.25, 0.3) is 12.2 Å². The van der Waals surface area contributed by atoms with Gasteiger partial charge < -0.3 is 15.4 Å². The molecule has 0 aliphatic rings. The van der Waals surface area contributed by atoms with Crippen LogP contribution in [-0.4, -0.2) is 21.6 Å². The first-order valence-electron chi connectivity index (χ1n) is 4.78. The summed E-state index contributed by atoms with van der Waals surface area (Å²) < 4.78 is 14.3. The number of benzene rings is 1. The molecule has 0 saturated heterocycles. The Hall–Kier alpha value is -2.37. The Balaban J connectivity index is 2.73.